The van der Waals surface area contributed by atoms with Crippen LogP contribution in [0.3, 0.4) is 0 Å². The summed E-state index contributed by atoms with van der Waals surface area (Å²) in [6, 6.07) is 16.6. The smallest absolute Gasteiger partial charge is 0.410 e. The molecular weight excluding hydrogens is 388 g/mol. The zero-order chi connectivity index (χ0) is 22.0. The van der Waals surface area contributed by atoms with Crippen LogP contribution in [0.15, 0.2) is 54.7 Å². The summed E-state index contributed by atoms with van der Waals surface area (Å²) < 4.78 is 11.6. The predicted octanol–water partition coefficient (Wildman–Crippen LogP) is 5.99. The largest absolute Gasteiger partial charge is 0.490 e. The van der Waals surface area contributed by atoms with Gasteiger partial charge >= 0.3 is 6.09 Å². The van der Waals surface area contributed by atoms with Gasteiger partial charge in [0.05, 0.1) is 5.52 Å². The van der Waals surface area contributed by atoms with Crippen LogP contribution >= 0.6 is 0 Å². The van der Waals surface area contributed by atoms with Crippen molar-refractivity contribution in [3.05, 3.63) is 60.3 Å². The summed E-state index contributed by atoms with van der Waals surface area (Å²) in [4.78, 5) is 18.5. The van der Waals surface area contributed by atoms with Crippen LogP contribution < -0.4 is 4.74 Å². The first-order valence-corrected chi connectivity index (χ1v) is 10.9. The molecule has 0 radical (unpaired) electrons. The van der Waals surface area contributed by atoms with Gasteiger partial charge in [-0.1, -0.05) is 24.3 Å². The fraction of sp³-hybridized carbons (Fsp3) is 0.385. The molecule has 0 unspecified atom stereocenters. The monoisotopic (exact) mass is 418 g/mol. The van der Waals surface area contributed by atoms with E-state index in [0.29, 0.717) is 13.1 Å². The van der Waals surface area contributed by atoms with Crippen molar-refractivity contribution in [2.45, 2.75) is 52.2 Å². The van der Waals surface area contributed by atoms with E-state index in [-0.39, 0.29) is 12.2 Å². The quantitative estimate of drug-likeness (QED) is 0.524. The molecule has 162 valence electrons. The van der Waals surface area contributed by atoms with Gasteiger partial charge < -0.3 is 14.4 Å². The van der Waals surface area contributed by atoms with E-state index in [9.17, 15) is 4.79 Å². The van der Waals surface area contributed by atoms with Crippen LogP contribution in [-0.2, 0) is 4.74 Å². The number of hydrogen-bond acceptors (Lipinski definition) is 4. The first kappa shape index (κ1) is 21.2. The zero-order valence-electron chi connectivity index (χ0n) is 18.7. The third-order valence-electron chi connectivity index (χ3n) is 5.51. The summed E-state index contributed by atoms with van der Waals surface area (Å²) in [5, 5.41) is 1.18. The van der Waals surface area contributed by atoms with Gasteiger partial charge in [-0.15, -0.1) is 0 Å². The van der Waals surface area contributed by atoms with E-state index in [1.54, 1.807) is 4.90 Å². The van der Waals surface area contributed by atoms with Crippen molar-refractivity contribution in [1.29, 1.82) is 0 Å². The van der Waals surface area contributed by atoms with Crippen LogP contribution in [0.5, 0.6) is 5.75 Å². The average Bonchev–Trinajstić information content (AvgIpc) is 2.73. The molecule has 1 aromatic heterocycles. The highest BCUT2D eigenvalue weighted by Crippen LogP contribution is 2.28. The van der Waals surface area contributed by atoms with E-state index in [0.717, 1.165) is 35.2 Å². The molecule has 31 heavy (non-hydrogen) atoms. The molecule has 1 fully saturated rings. The van der Waals surface area contributed by atoms with E-state index in [2.05, 4.69) is 42.2 Å². The topological polar surface area (TPSA) is 51.7 Å². The number of rotatable bonds is 3. The third-order valence-corrected chi connectivity index (χ3v) is 5.51. The maximum Gasteiger partial charge on any atom is 0.410 e. The second-order valence-corrected chi connectivity index (χ2v) is 9.17. The lowest BCUT2D eigenvalue weighted by atomic mass is 10.00. The van der Waals surface area contributed by atoms with Gasteiger partial charge in [-0.25, -0.2) is 4.79 Å². The van der Waals surface area contributed by atoms with Crippen LogP contribution in [0.4, 0.5) is 4.79 Å². The van der Waals surface area contributed by atoms with Crippen molar-refractivity contribution in [2.75, 3.05) is 13.1 Å². The summed E-state index contributed by atoms with van der Waals surface area (Å²) in [7, 11) is 0. The summed E-state index contributed by atoms with van der Waals surface area (Å²) >= 11 is 0. The number of amides is 1. The number of aryl methyl sites for hydroxylation is 1. The number of likely N-dealkylation sites (tertiary alicyclic amines) is 1. The SMILES string of the molecule is Cc1cc(-c2ccc(OC3CCN(C(=O)OC(C)(C)C)CC3)cc2)cc2ncccc12. The molecule has 3 aromatic rings. The van der Waals surface area contributed by atoms with Crippen LogP contribution in [0.2, 0.25) is 0 Å². The Balaban J connectivity index is 1.37. The lowest BCUT2D eigenvalue weighted by Gasteiger charge is -2.33. The van der Waals surface area contributed by atoms with Crippen LogP contribution in [0, 0.1) is 6.92 Å². The minimum atomic E-state index is -0.466. The number of carbonyl (C=O) groups excluding carboxylic acids is 1. The van der Waals surface area contributed by atoms with Crippen molar-refractivity contribution in [3.63, 3.8) is 0 Å². The Morgan fingerprint density at radius 2 is 1.74 bits per heavy atom. The highest BCUT2D eigenvalue weighted by molar-refractivity contribution is 5.87. The molecule has 2 heterocycles. The molecule has 1 aliphatic rings. The number of nitrogens with zero attached hydrogens (tertiary/aromatic N) is 2. The zero-order valence-corrected chi connectivity index (χ0v) is 18.7. The van der Waals surface area contributed by atoms with Crippen LogP contribution in [0.1, 0.15) is 39.2 Å². The first-order chi connectivity index (χ1) is 14.8. The summed E-state index contributed by atoms with van der Waals surface area (Å²) in [6.45, 7) is 9.09. The number of aromatic nitrogens is 1. The van der Waals surface area contributed by atoms with Crippen molar-refractivity contribution in [3.8, 4) is 16.9 Å². The van der Waals surface area contributed by atoms with Crippen LogP contribution in [-0.4, -0.2) is 40.8 Å². The van der Waals surface area contributed by atoms with Gasteiger partial charge in [0.1, 0.15) is 17.5 Å². The second kappa shape index (κ2) is 8.58. The van der Waals surface area contributed by atoms with E-state index in [1.807, 2.05) is 45.2 Å². The summed E-state index contributed by atoms with van der Waals surface area (Å²) in [5.74, 6) is 0.857. The number of benzene rings is 2. The Morgan fingerprint density at radius 1 is 1.03 bits per heavy atom. The van der Waals surface area contributed by atoms with Gasteiger partial charge in [-0.2, -0.15) is 0 Å². The summed E-state index contributed by atoms with van der Waals surface area (Å²) in [6.07, 6.45) is 3.30. The van der Waals surface area contributed by atoms with Crippen LogP contribution in [0.25, 0.3) is 22.0 Å². The normalized spacial score (nSPS) is 15.2. The molecule has 1 saturated heterocycles. The fourth-order valence-electron chi connectivity index (χ4n) is 3.93. The van der Waals surface area contributed by atoms with Gasteiger partial charge in [-0.3, -0.25) is 4.98 Å². The average molecular weight is 419 g/mol. The highest BCUT2D eigenvalue weighted by atomic mass is 16.6. The molecule has 0 bridgehead atoms. The maximum absolute atomic E-state index is 12.2. The first-order valence-electron chi connectivity index (χ1n) is 10.9. The van der Waals surface area contributed by atoms with E-state index in [4.69, 9.17) is 9.47 Å². The predicted molar refractivity (Wildman–Crippen MR) is 123 cm³/mol. The summed E-state index contributed by atoms with van der Waals surface area (Å²) in [5.41, 5.74) is 4.06. The number of fused-ring (bicyclic) bond motifs is 1. The standard InChI is InChI=1S/C26H30N2O3/c1-18-16-20(17-24-23(18)6-5-13-27-24)19-7-9-21(10-8-19)30-22-11-14-28(15-12-22)25(29)31-26(2,3)4/h5-10,13,16-17,22H,11-12,14-15H2,1-4H3. The minimum absolute atomic E-state index is 0.108. The Kier molecular flexibility index (Phi) is 5.86. The van der Waals surface area contributed by atoms with Gasteiger partial charge in [0.25, 0.3) is 0 Å². The molecule has 0 atom stereocenters. The molecule has 1 aliphatic heterocycles. The number of hydrogen-bond donors (Lipinski definition) is 0. The maximum atomic E-state index is 12.2. The molecule has 2 aromatic carbocycles. The fourth-order valence-corrected chi connectivity index (χ4v) is 3.93. The van der Waals surface area contributed by atoms with Gasteiger partial charge in [0.15, 0.2) is 0 Å². The van der Waals surface area contributed by atoms with Crippen molar-refractivity contribution >= 4 is 17.0 Å². The van der Waals surface area contributed by atoms with Gasteiger partial charge in [0, 0.05) is 37.5 Å². The minimum Gasteiger partial charge on any atom is -0.490 e. The molecule has 1 amide bonds. The van der Waals surface area contributed by atoms with Crippen molar-refractivity contribution in [1.82, 2.24) is 9.88 Å². The molecule has 0 aliphatic carbocycles. The van der Waals surface area contributed by atoms with E-state index >= 15 is 0 Å². The lowest BCUT2D eigenvalue weighted by Crippen LogP contribution is -2.44. The van der Waals surface area contributed by atoms with Gasteiger partial charge in [-0.05, 0) is 68.7 Å². The molecule has 0 spiro atoms. The Hall–Kier alpha value is -3.08. The number of pyridine rings is 1. The molecule has 4 rings (SSSR count). The van der Waals surface area contributed by atoms with Gasteiger partial charge in [0.2, 0.25) is 0 Å². The Bertz CT molecular complexity index is 1060. The molecule has 0 N–H and O–H groups in total. The van der Waals surface area contributed by atoms with Crippen molar-refractivity contribution in [2.24, 2.45) is 0 Å². The Labute approximate surface area is 184 Å². The second-order valence-electron chi connectivity index (χ2n) is 9.17. The Morgan fingerprint density at radius 3 is 2.42 bits per heavy atom. The third kappa shape index (κ3) is 5.16. The lowest BCUT2D eigenvalue weighted by molar-refractivity contribution is 0.0126. The molecular formula is C26H30N2O3. The number of ether oxygens (including phenoxy) is 2. The molecule has 5 nitrogen and oxygen atoms in total. The molecule has 0 saturated carbocycles. The van der Waals surface area contributed by atoms with E-state index < -0.39 is 5.60 Å². The molecule has 5 heteroatoms. The highest BCUT2D eigenvalue weighted by Gasteiger charge is 2.27. The van der Waals surface area contributed by atoms with E-state index in [1.165, 1.54) is 10.9 Å². The van der Waals surface area contributed by atoms with Crippen molar-refractivity contribution < 1.29 is 14.3 Å². The number of piperidine rings is 1. The number of carbonyl (C=O) groups is 1.